The molecule has 106 valence electrons. The van der Waals surface area contributed by atoms with Gasteiger partial charge in [0.2, 0.25) is 11.5 Å². The molecule has 0 saturated carbocycles. The summed E-state index contributed by atoms with van der Waals surface area (Å²) in [6, 6.07) is 8.54. The first-order valence-corrected chi connectivity index (χ1v) is 6.82. The predicted octanol–water partition coefficient (Wildman–Crippen LogP) is 2.81. The minimum absolute atomic E-state index is 0.664. The molecule has 0 saturated heterocycles. The van der Waals surface area contributed by atoms with Crippen LogP contribution < -0.4 is 4.90 Å². The van der Waals surface area contributed by atoms with Gasteiger partial charge in [-0.15, -0.1) is 10.2 Å². The van der Waals surface area contributed by atoms with Gasteiger partial charge >= 0.3 is 0 Å². The van der Waals surface area contributed by atoms with E-state index in [1.54, 1.807) is 0 Å². The van der Waals surface area contributed by atoms with Crippen LogP contribution in [0, 0.1) is 0 Å². The van der Waals surface area contributed by atoms with Gasteiger partial charge in [-0.25, -0.2) is 4.99 Å². The Morgan fingerprint density at radius 2 is 1.81 bits per heavy atom. The molecule has 0 radical (unpaired) electrons. The third-order valence-corrected chi connectivity index (χ3v) is 3.69. The number of anilines is 1. The van der Waals surface area contributed by atoms with E-state index < -0.39 is 0 Å². The Hall–Kier alpha value is -2.56. The molecule has 0 fully saturated rings. The van der Waals surface area contributed by atoms with Crippen LogP contribution in [-0.2, 0) is 0 Å². The Morgan fingerprint density at radius 3 is 2.38 bits per heavy atom. The topological polar surface area (TPSA) is 43.3 Å². The van der Waals surface area contributed by atoms with Gasteiger partial charge in [0.05, 0.1) is 0 Å². The fraction of sp³-hybridized carbons (Fsp3) is 0.250. The number of nitrogens with zero attached hydrogens (tertiary/aromatic N) is 5. The number of allylic oxidation sites excluding steroid dienone is 2. The summed E-state index contributed by atoms with van der Waals surface area (Å²) in [4.78, 5) is 6.28. The van der Waals surface area contributed by atoms with Gasteiger partial charge in [0.25, 0.3) is 5.70 Å². The SMILES string of the molecule is CC1=CC(=C2N=CN=N2)[N+](C)=C1c1ccc(N(C)C)cc1. The molecule has 2 aliphatic rings. The zero-order valence-corrected chi connectivity index (χ0v) is 12.7. The molecular formula is C16H18N5+. The molecule has 5 nitrogen and oxygen atoms in total. The Labute approximate surface area is 124 Å². The van der Waals surface area contributed by atoms with Crippen LogP contribution in [-0.4, -0.2) is 37.8 Å². The molecule has 2 aliphatic heterocycles. The Morgan fingerprint density at radius 1 is 1.10 bits per heavy atom. The van der Waals surface area contributed by atoms with Crippen LogP contribution in [0.25, 0.3) is 0 Å². The van der Waals surface area contributed by atoms with E-state index in [9.17, 15) is 0 Å². The van der Waals surface area contributed by atoms with Crippen LogP contribution in [0.1, 0.15) is 12.5 Å². The molecule has 21 heavy (non-hydrogen) atoms. The van der Waals surface area contributed by atoms with Gasteiger partial charge in [-0.2, -0.15) is 4.58 Å². The second kappa shape index (κ2) is 5.09. The summed E-state index contributed by atoms with van der Waals surface area (Å²) >= 11 is 0. The molecule has 2 heterocycles. The normalized spacial score (nSPS) is 20.5. The zero-order chi connectivity index (χ0) is 15.0. The van der Waals surface area contributed by atoms with Crippen molar-refractivity contribution in [1.82, 2.24) is 0 Å². The lowest BCUT2D eigenvalue weighted by atomic mass is 10.0. The third-order valence-electron chi connectivity index (χ3n) is 3.69. The highest BCUT2D eigenvalue weighted by Gasteiger charge is 2.29. The second-order valence-electron chi connectivity index (χ2n) is 5.35. The number of hydrogen-bond acceptors (Lipinski definition) is 4. The highest BCUT2D eigenvalue weighted by atomic mass is 15.3. The standard InChI is InChI=1S/C16H18N5/c1-11-9-14(16-17-10-18-19-16)21(4)15(11)12-5-7-13(8-6-12)20(2)3/h5-10H,1-4H3/q+1. The summed E-state index contributed by atoms with van der Waals surface area (Å²) in [5.74, 6) is 0.664. The lowest BCUT2D eigenvalue weighted by Crippen LogP contribution is -2.14. The van der Waals surface area contributed by atoms with Crippen LogP contribution in [0.3, 0.4) is 0 Å². The van der Waals surface area contributed by atoms with Gasteiger partial charge in [-0.1, -0.05) is 0 Å². The summed E-state index contributed by atoms with van der Waals surface area (Å²) < 4.78 is 2.12. The first kappa shape index (κ1) is 13.4. The maximum Gasteiger partial charge on any atom is 0.253 e. The minimum atomic E-state index is 0.664. The van der Waals surface area contributed by atoms with Crippen molar-refractivity contribution in [3.8, 4) is 0 Å². The van der Waals surface area contributed by atoms with E-state index in [1.807, 2.05) is 21.1 Å². The molecular weight excluding hydrogens is 262 g/mol. The molecule has 0 spiro atoms. The number of azo groups is 1. The Bertz CT molecular complexity index is 716. The number of hydrogen-bond donors (Lipinski definition) is 0. The fourth-order valence-corrected chi connectivity index (χ4v) is 2.61. The quantitative estimate of drug-likeness (QED) is 0.768. The summed E-state index contributed by atoms with van der Waals surface area (Å²) in [5.41, 5.74) is 5.74. The molecule has 3 rings (SSSR count). The summed E-state index contributed by atoms with van der Waals surface area (Å²) in [6.45, 7) is 2.11. The molecule has 0 atom stereocenters. The average Bonchev–Trinajstić information content (AvgIpc) is 3.07. The molecule has 5 heteroatoms. The van der Waals surface area contributed by atoms with E-state index in [4.69, 9.17) is 0 Å². The monoisotopic (exact) mass is 280 g/mol. The first-order valence-electron chi connectivity index (χ1n) is 6.82. The Balaban J connectivity index is 2.06. The van der Waals surface area contributed by atoms with Gasteiger partial charge in [-0.05, 0) is 31.2 Å². The minimum Gasteiger partial charge on any atom is -0.378 e. The van der Waals surface area contributed by atoms with E-state index >= 15 is 0 Å². The van der Waals surface area contributed by atoms with Crippen molar-refractivity contribution in [2.75, 3.05) is 26.0 Å². The fourth-order valence-electron chi connectivity index (χ4n) is 2.61. The van der Waals surface area contributed by atoms with E-state index in [1.165, 1.54) is 28.9 Å². The third kappa shape index (κ3) is 2.31. The second-order valence-corrected chi connectivity index (χ2v) is 5.35. The molecule has 0 amide bonds. The molecule has 0 bridgehead atoms. The van der Waals surface area contributed by atoms with Crippen molar-refractivity contribution in [2.45, 2.75) is 6.92 Å². The van der Waals surface area contributed by atoms with Crippen LogP contribution in [0.5, 0.6) is 0 Å². The first-order chi connectivity index (χ1) is 10.1. The summed E-state index contributed by atoms with van der Waals surface area (Å²) in [6.07, 6.45) is 3.58. The van der Waals surface area contributed by atoms with E-state index in [2.05, 4.69) is 62.0 Å². The molecule has 1 aromatic carbocycles. The molecule has 0 aromatic heterocycles. The van der Waals surface area contributed by atoms with Crippen molar-refractivity contribution >= 4 is 17.7 Å². The maximum atomic E-state index is 4.18. The van der Waals surface area contributed by atoms with E-state index in [0.717, 1.165) is 5.70 Å². The largest absolute Gasteiger partial charge is 0.378 e. The van der Waals surface area contributed by atoms with Crippen molar-refractivity contribution in [3.63, 3.8) is 0 Å². The molecule has 0 N–H and O–H groups in total. The van der Waals surface area contributed by atoms with Gasteiger partial charge in [0, 0.05) is 37.0 Å². The average molecular weight is 280 g/mol. The van der Waals surface area contributed by atoms with Gasteiger partial charge in [-0.3, -0.25) is 0 Å². The lowest BCUT2D eigenvalue weighted by Gasteiger charge is -2.12. The predicted molar refractivity (Wildman–Crippen MR) is 85.2 cm³/mol. The number of aliphatic imine (C=N–C) groups is 1. The number of benzene rings is 1. The lowest BCUT2D eigenvalue weighted by molar-refractivity contribution is -0.435. The van der Waals surface area contributed by atoms with Crippen molar-refractivity contribution < 1.29 is 4.58 Å². The van der Waals surface area contributed by atoms with Crippen molar-refractivity contribution in [2.24, 2.45) is 15.2 Å². The molecule has 0 unspecified atom stereocenters. The van der Waals surface area contributed by atoms with Crippen LogP contribution in [0.2, 0.25) is 0 Å². The highest BCUT2D eigenvalue weighted by Crippen LogP contribution is 2.25. The van der Waals surface area contributed by atoms with Crippen molar-refractivity contribution in [3.05, 3.63) is 53.0 Å². The maximum absolute atomic E-state index is 4.18. The Kier molecular flexibility index (Phi) is 3.25. The van der Waals surface area contributed by atoms with Crippen molar-refractivity contribution in [1.29, 1.82) is 0 Å². The number of likely N-dealkylation sites (N-methyl/N-ethyl adjacent to an activating group) is 1. The molecule has 0 aliphatic carbocycles. The van der Waals surface area contributed by atoms with Gasteiger partial charge in [0.1, 0.15) is 13.4 Å². The smallest absolute Gasteiger partial charge is 0.253 e. The van der Waals surface area contributed by atoms with Crippen LogP contribution in [0.15, 0.2) is 62.7 Å². The van der Waals surface area contributed by atoms with Crippen LogP contribution >= 0.6 is 0 Å². The highest BCUT2D eigenvalue weighted by molar-refractivity contribution is 6.10. The van der Waals surface area contributed by atoms with E-state index in [-0.39, 0.29) is 0 Å². The molecule has 1 aromatic rings. The van der Waals surface area contributed by atoms with Gasteiger partial charge < -0.3 is 4.90 Å². The van der Waals surface area contributed by atoms with E-state index in [0.29, 0.717) is 5.82 Å². The van der Waals surface area contributed by atoms with Crippen LogP contribution in [0.4, 0.5) is 5.69 Å². The van der Waals surface area contributed by atoms with Gasteiger partial charge in [0.15, 0.2) is 0 Å². The number of rotatable bonds is 2. The summed E-state index contributed by atoms with van der Waals surface area (Å²) in [7, 11) is 6.12. The summed E-state index contributed by atoms with van der Waals surface area (Å²) in [5, 5.41) is 7.85. The zero-order valence-electron chi connectivity index (χ0n) is 12.7.